The molecule has 23 heavy (non-hydrogen) atoms. The number of amides is 1. The van der Waals surface area contributed by atoms with Gasteiger partial charge in [-0.05, 0) is 32.9 Å². The minimum atomic E-state index is -4.01. The van der Waals surface area contributed by atoms with Gasteiger partial charge in [-0.15, -0.1) is 0 Å². The SMILES string of the molecule is CCn1cc(S(=O)(=O)NC(=O)c2cccnc2OC(C)C)cn1. The van der Waals surface area contributed by atoms with Gasteiger partial charge in [0.2, 0.25) is 5.88 Å². The van der Waals surface area contributed by atoms with Gasteiger partial charge in [-0.1, -0.05) is 0 Å². The van der Waals surface area contributed by atoms with E-state index in [1.807, 2.05) is 11.6 Å². The lowest BCUT2D eigenvalue weighted by Gasteiger charge is -2.12. The first-order valence-corrected chi connectivity index (χ1v) is 8.53. The van der Waals surface area contributed by atoms with E-state index in [2.05, 4.69) is 10.1 Å². The van der Waals surface area contributed by atoms with Crippen LogP contribution in [0, 0.1) is 0 Å². The second kappa shape index (κ2) is 6.78. The van der Waals surface area contributed by atoms with Crippen LogP contribution in [0.3, 0.4) is 0 Å². The van der Waals surface area contributed by atoms with Crippen LogP contribution in [-0.4, -0.2) is 35.2 Å². The van der Waals surface area contributed by atoms with Crippen LogP contribution in [0.1, 0.15) is 31.1 Å². The molecule has 0 spiro atoms. The van der Waals surface area contributed by atoms with E-state index in [1.165, 1.54) is 35.4 Å². The van der Waals surface area contributed by atoms with Gasteiger partial charge in [0.25, 0.3) is 15.9 Å². The fourth-order valence-corrected chi connectivity index (χ4v) is 2.69. The highest BCUT2D eigenvalue weighted by atomic mass is 32.2. The van der Waals surface area contributed by atoms with E-state index in [0.717, 1.165) is 0 Å². The minimum Gasteiger partial charge on any atom is -0.474 e. The van der Waals surface area contributed by atoms with Crippen LogP contribution in [0.4, 0.5) is 0 Å². The van der Waals surface area contributed by atoms with Crippen LogP contribution in [0.2, 0.25) is 0 Å². The molecule has 0 saturated heterocycles. The van der Waals surface area contributed by atoms with Crippen LogP contribution >= 0.6 is 0 Å². The van der Waals surface area contributed by atoms with Crippen molar-refractivity contribution in [3.05, 3.63) is 36.3 Å². The van der Waals surface area contributed by atoms with E-state index in [0.29, 0.717) is 6.54 Å². The van der Waals surface area contributed by atoms with Gasteiger partial charge in [0.1, 0.15) is 10.5 Å². The molecule has 1 amide bonds. The number of carbonyl (C=O) groups is 1. The summed E-state index contributed by atoms with van der Waals surface area (Å²) in [6.45, 7) is 5.92. The Kier molecular flexibility index (Phi) is 4.99. The number of sulfonamides is 1. The fraction of sp³-hybridized carbons (Fsp3) is 0.357. The van der Waals surface area contributed by atoms with Crippen molar-refractivity contribution in [1.82, 2.24) is 19.5 Å². The average Bonchev–Trinajstić information content (AvgIpc) is 2.96. The van der Waals surface area contributed by atoms with Gasteiger partial charge < -0.3 is 4.74 Å². The van der Waals surface area contributed by atoms with Crippen molar-refractivity contribution in [2.75, 3.05) is 0 Å². The Morgan fingerprint density at radius 2 is 2.17 bits per heavy atom. The summed E-state index contributed by atoms with van der Waals surface area (Å²) in [5.74, 6) is -0.725. The summed E-state index contributed by atoms with van der Waals surface area (Å²) in [5, 5.41) is 3.89. The molecule has 0 saturated carbocycles. The topological polar surface area (TPSA) is 103 Å². The van der Waals surface area contributed by atoms with Gasteiger partial charge in [0.05, 0.1) is 12.3 Å². The number of rotatable bonds is 6. The maximum Gasteiger partial charge on any atom is 0.270 e. The highest BCUT2D eigenvalue weighted by Crippen LogP contribution is 2.17. The number of nitrogens with one attached hydrogen (secondary N) is 1. The Balaban J connectivity index is 2.25. The van der Waals surface area contributed by atoms with Gasteiger partial charge in [-0.2, -0.15) is 5.10 Å². The van der Waals surface area contributed by atoms with Crippen LogP contribution in [-0.2, 0) is 16.6 Å². The van der Waals surface area contributed by atoms with Crippen molar-refractivity contribution in [3.8, 4) is 5.88 Å². The van der Waals surface area contributed by atoms with Gasteiger partial charge in [-0.3, -0.25) is 9.48 Å². The predicted octanol–water partition coefficient (Wildman–Crippen LogP) is 1.20. The van der Waals surface area contributed by atoms with E-state index in [1.54, 1.807) is 13.8 Å². The van der Waals surface area contributed by atoms with Gasteiger partial charge >= 0.3 is 0 Å². The number of aryl methyl sites for hydroxylation is 1. The standard InChI is InChI=1S/C14H18N4O4S/c1-4-18-9-11(8-16-18)23(20,21)17-13(19)12-6-5-7-15-14(12)22-10(2)3/h5-10H,4H2,1-3H3,(H,17,19). The Bertz CT molecular complexity index is 799. The molecule has 0 aliphatic rings. The molecule has 8 nitrogen and oxygen atoms in total. The van der Waals surface area contributed by atoms with Gasteiger partial charge in [0, 0.05) is 18.9 Å². The number of hydrogen-bond acceptors (Lipinski definition) is 6. The minimum absolute atomic E-state index is 0.0488. The van der Waals surface area contributed by atoms with Crippen LogP contribution in [0.5, 0.6) is 5.88 Å². The van der Waals surface area contributed by atoms with Gasteiger partial charge in [-0.25, -0.2) is 18.1 Å². The molecular formula is C14H18N4O4S. The first-order chi connectivity index (χ1) is 10.8. The zero-order valence-corrected chi connectivity index (χ0v) is 13.9. The summed E-state index contributed by atoms with van der Waals surface area (Å²) in [4.78, 5) is 16.2. The van der Waals surface area contributed by atoms with Crippen LogP contribution < -0.4 is 9.46 Å². The first kappa shape index (κ1) is 16.9. The molecule has 9 heteroatoms. The maximum atomic E-state index is 12.3. The average molecular weight is 338 g/mol. The Labute approximate surface area is 134 Å². The Morgan fingerprint density at radius 3 is 2.78 bits per heavy atom. The highest BCUT2D eigenvalue weighted by molar-refractivity contribution is 7.90. The van der Waals surface area contributed by atoms with Crippen molar-refractivity contribution in [2.24, 2.45) is 0 Å². The molecule has 2 heterocycles. The lowest BCUT2D eigenvalue weighted by atomic mass is 10.2. The zero-order valence-electron chi connectivity index (χ0n) is 13.1. The quantitative estimate of drug-likeness (QED) is 0.849. The molecule has 0 aliphatic heterocycles. The molecular weight excluding hydrogens is 320 g/mol. The van der Waals surface area contributed by atoms with E-state index < -0.39 is 15.9 Å². The molecule has 0 aromatic carbocycles. The first-order valence-electron chi connectivity index (χ1n) is 7.04. The van der Waals surface area contributed by atoms with E-state index in [4.69, 9.17) is 4.74 Å². The highest BCUT2D eigenvalue weighted by Gasteiger charge is 2.23. The largest absolute Gasteiger partial charge is 0.474 e. The predicted molar refractivity (Wildman–Crippen MR) is 82.6 cm³/mol. The lowest BCUT2D eigenvalue weighted by Crippen LogP contribution is -2.31. The summed E-state index contributed by atoms with van der Waals surface area (Å²) in [6.07, 6.45) is 3.81. The summed E-state index contributed by atoms with van der Waals surface area (Å²) < 4.78 is 33.3. The third-order valence-electron chi connectivity index (χ3n) is 2.83. The number of pyridine rings is 1. The number of hydrogen-bond donors (Lipinski definition) is 1. The molecule has 0 radical (unpaired) electrons. The monoisotopic (exact) mass is 338 g/mol. The number of nitrogens with zero attached hydrogens (tertiary/aromatic N) is 3. The Hall–Kier alpha value is -2.42. The molecule has 2 aromatic rings. The van der Waals surface area contributed by atoms with E-state index in [-0.39, 0.29) is 22.4 Å². The zero-order chi connectivity index (χ0) is 17.0. The maximum absolute atomic E-state index is 12.3. The molecule has 0 bridgehead atoms. The number of carbonyl (C=O) groups excluding carboxylic acids is 1. The molecule has 0 atom stereocenters. The van der Waals surface area contributed by atoms with E-state index >= 15 is 0 Å². The van der Waals surface area contributed by atoms with E-state index in [9.17, 15) is 13.2 Å². The molecule has 0 unspecified atom stereocenters. The molecule has 1 N–H and O–H groups in total. The Morgan fingerprint density at radius 1 is 1.43 bits per heavy atom. The smallest absolute Gasteiger partial charge is 0.270 e. The molecule has 124 valence electrons. The van der Waals surface area contributed by atoms with Crippen molar-refractivity contribution >= 4 is 15.9 Å². The van der Waals surface area contributed by atoms with Crippen LogP contribution in [0.25, 0.3) is 0 Å². The molecule has 2 aromatic heterocycles. The summed E-state index contributed by atoms with van der Waals surface area (Å²) in [6, 6.07) is 2.98. The molecule has 2 rings (SSSR count). The normalized spacial score (nSPS) is 11.5. The second-order valence-corrected chi connectivity index (χ2v) is 6.67. The third kappa shape index (κ3) is 4.07. The fourth-order valence-electron chi connectivity index (χ4n) is 1.77. The number of ether oxygens (including phenoxy) is 1. The summed E-state index contributed by atoms with van der Waals surface area (Å²) in [7, 11) is -4.01. The van der Waals surface area contributed by atoms with Crippen molar-refractivity contribution < 1.29 is 17.9 Å². The van der Waals surface area contributed by atoms with Crippen LogP contribution in [0.15, 0.2) is 35.6 Å². The lowest BCUT2D eigenvalue weighted by molar-refractivity contribution is 0.0974. The third-order valence-corrected chi connectivity index (χ3v) is 4.12. The summed E-state index contributed by atoms with van der Waals surface area (Å²) >= 11 is 0. The molecule has 0 aliphatic carbocycles. The van der Waals surface area contributed by atoms with Gasteiger partial charge in [0.15, 0.2) is 0 Å². The van der Waals surface area contributed by atoms with Crippen molar-refractivity contribution in [1.29, 1.82) is 0 Å². The van der Waals surface area contributed by atoms with Crippen molar-refractivity contribution in [2.45, 2.75) is 38.3 Å². The number of aromatic nitrogens is 3. The second-order valence-electron chi connectivity index (χ2n) is 4.99. The van der Waals surface area contributed by atoms with Crippen molar-refractivity contribution in [3.63, 3.8) is 0 Å². The summed E-state index contributed by atoms with van der Waals surface area (Å²) in [5.41, 5.74) is 0.0488. The molecule has 0 fully saturated rings.